The van der Waals surface area contributed by atoms with Crippen LogP contribution in [0, 0.1) is 24.1 Å². The molecule has 0 N–H and O–H groups in total. The molecule has 2 rings (SSSR count). The average molecular weight is 201 g/mol. The first kappa shape index (κ1) is 9.41. The third kappa shape index (κ3) is 1.72. The largest absolute Gasteiger partial charge is 0.306 e. The van der Waals surface area contributed by atoms with Crippen LogP contribution in [-0.4, -0.2) is 9.55 Å². The molecule has 0 amide bonds. The number of hydrogen-bond donors (Lipinski definition) is 0. The Bertz CT molecular complexity index is 537. The fraction of sp³-hybridized carbons (Fsp3) is 0.0909. The fourth-order valence-corrected chi connectivity index (χ4v) is 1.32. The van der Waals surface area contributed by atoms with Gasteiger partial charge < -0.3 is 4.57 Å². The quantitative estimate of drug-likeness (QED) is 0.709. The first-order chi connectivity index (χ1) is 7.20. The molecule has 1 aromatic heterocycles. The van der Waals surface area contributed by atoms with Crippen LogP contribution in [0.3, 0.4) is 0 Å². The van der Waals surface area contributed by atoms with Crippen LogP contribution in [-0.2, 0) is 0 Å². The molecule has 0 bridgehead atoms. The second kappa shape index (κ2) is 3.54. The van der Waals surface area contributed by atoms with Gasteiger partial charge in [-0.05, 0) is 25.1 Å². The van der Waals surface area contributed by atoms with E-state index in [1.807, 2.05) is 6.92 Å². The maximum Gasteiger partial charge on any atom is 0.143 e. The SMILES string of the molecule is Cc1cn(-c2ccc(C#N)c(F)c2)cn1. The number of hydrogen-bond acceptors (Lipinski definition) is 2. The van der Waals surface area contributed by atoms with E-state index in [1.165, 1.54) is 12.1 Å². The summed E-state index contributed by atoms with van der Waals surface area (Å²) in [7, 11) is 0. The molecule has 4 heteroatoms. The molecule has 0 aliphatic heterocycles. The molecular formula is C11H8FN3. The van der Waals surface area contributed by atoms with Gasteiger partial charge in [0.25, 0.3) is 0 Å². The summed E-state index contributed by atoms with van der Waals surface area (Å²) in [4.78, 5) is 4.04. The van der Waals surface area contributed by atoms with Crippen molar-refractivity contribution in [3.63, 3.8) is 0 Å². The van der Waals surface area contributed by atoms with Crippen LogP contribution in [0.4, 0.5) is 4.39 Å². The molecule has 0 saturated carbocycles. The number of aromatic nitrogens is 2. The van der Waals surface area contributed by atoms with E-state index in [-0.39, 0.29) is 5.56 Å². The molecular weight excluding hydrogens is 193 g/mol. The Kier molecular flexibility index (Phi) is 2.22. The van der Waals surface area contributed by atoms with Crippen molar-refractivity contribution in [2.24, 2.45) is 0 Å². The van der Waals surface area contributed by atoms with Crippen molar-refractivity contribution in [3.05, 3.63) is 47.8 Å². The lowest BCUT2D eigenvalue weighted by atomic mass is 10.2. The van der Waals surface area contributed by atoms with E-state index in [4.69, 9.17) is 5.26 Å². The Balaban J connectivity index is 2.48. The Morgan fingerprint density at radius 1 is 1.47 bits per heavy atom. The predicted molar refractivity (Wildman–Crippen MR) is 53.0 cm³/mol. The van der Waals surface area contributed by atoms with Crippen molar-refractivity contribution in [2.45, 2.75) is 6.92 Å². The molecule has 0 aliphatic rings. The van der Waals surface area contributed by atoms with Crippen molar-refractivity contribution in [1.82, 2.24) is 9.55 Å². The molecule has 2 aromatic rings. The summed E-state index contributed by atoms with van der Waals surface area (Å²) in [5.41, 5.74) is 1.57. The van der Waals surface area contributed by atoms with Crippen LogP contribution in [0.2, 0.25) is 0 Å². The van der Waals surface area contributed by atoms with Crippen LogP contribution in [0.15, 0.2) is 30.7 Å². The smallest absolute Gasteiger partial charge is 0.143 e. The standard InChI is InChI=1S/C11H8FN3/c1-8-6-15(7-14-8)10-3-2-9(5-13)11(12)4-10/h2-4,6-7H,1H3. The highest BCUT2D eigenvalue weighted by atomic mass is 19.1. The maximum atomic E-state index is 13.3. The highest BCUT2D eigenvalue weighted by Gasteiger charge is 2.04. The molecule has 0 spiro atoms. The van der Waals surface area contributed by atoms with Crippen LogP contribution in [0.5, 0.6) is 0 Å². The van der Waals surface area contributed by atoms with Gasteiger partial charge in [0.15, 0.2) is 0 Å². The molecule has 3 nitrogen and oxygen atoms in total. The molecule has 74 valence electrons. The van der Waals surface area contributed by atoms with Crippen molar-refractivity contribution >= 4 is 0 Å². The monoisotopic (exact) mass is 201 g/mol. The van der Waals surface area contributed by atoms with Gasteiger partial charge in [-0.15, -0.1) is 0 Å². The van der Waals surface area contributed by atoms with E-state index in [9.17, 15) is 4.39 Å². The van der Waals surface area contributed by atoms with Crippen LogP contribution in [0.25, 0.3) is 5.69 Å². The Hall–Kier alpha value is -2.15. The third-order valence-corrected chi connectivity index (χ3v) is 2.08. The molecule has 0 unspecified atom stereocenters. The highest BCUT2D eigenvalue weighted by molar-refractivity contribution is 5.40. The van der Waals surface area contributed by atoms with Gasteiger partial charge in [-0.2, -0.15) is 5.26 Å². The molecule has 0 atom stereocenters. The fourth-order valence-electron chi connectivity index (χ4n) is 1.32. The van der Waals surface area contributed by atoms with Crippen molar-refractivity contribution < 1.29 is 4.39 Å². The lowest BCUT2D eigenvalue weighted by Crippen LogP contribution is -1.92. The number of nitriles is 1. The summed E-state index contributed by atoms with van der Waals surface area (Å²) in [5, 5.41) is 8.57. The number of nitrogens with zero attached hydrogens (tertiary/aromatic N) is 3. The zero-order valence-electron chi connectivity index (χ0n) is 8.11. The number of halogens is 1. The van der Waals surface area contributed by atoms with Crippen molar-refractivity contribution in [2.75, 3.05) is 0 Å². The number of rotatable bonds is 1. The predicted octanol–water partition coefficient (Wildman–Crippen LogP) is 2.19. The normalized spacial score (nSPS) is 9.93. The zero-order valence-corrected chi connectivity index (χ0v) is 8.11. The highest BCUT2D eigenvalue weighted by Crippen LogP contribution is 2.13. The molecule has 0 radical (unpaired) electrons. The average Bonchev–Trinajstić information content (AvgIpc) is 2.65. The van der Waals surface area contributed by atoms with Gasteiger partial charge >= 0.3 is 0 Å². The molecule has 0 saturated heterocycles. The van der Waals surface area contributed by atoms with E-state index >= 15 is 0 Å². The lowest BCUT2D eigenvalue weighted by molar-refractivity contribution is 0.622. The van der Waals surface area contributed by atoms with E-state index < -0.39 is 5.82 Å². The summed E-state index contributed by atoms with van der Waals surface area (Å²) < 4.78 is 15.0. The Labute approximate surface area is 86.4 Å². The maximum absolute atomic E-state index is 13.3. The summed E-state index contributed by atoms with van der Waals surface area (Å²) in [6.45, 7) is 1.86. The van der Waals surface area contributed by atoms with Gasteiger partial charge in [-0.3, -0.25) is 0 Å². The van der Waals surface area contributed by atoms with Gasteiger partial charge in [0.1, 0.15) is 11.9 Å². The second-order valence-corrected chi connectivity index (χ2v) is 3.20. The Morgan fingerprint density at radius 3 is 2.80 bits per heavy atom. The minimum absolute atomic E-state index is 0.0515. The zero-order chi connectivity index (χ0) is 10.8. The summed E-state index contributed by atoms with van der Waals surface area (Å²) in [6, 6.07) is 6.24. The lowest BCUT2D eigenvalue weighted by Gasteiger charge is -2.02. The van der Waals surface area contributed by atoms with Crippen molar-refractivity contribution in [1.29, 1.82) is 5.26 Å². The first-order valence-electron chi connectivity index (χ1n) is 4.41. The van der Waals surface area contributed by atoms with Crippen LogP contribution in [0.1, 0.15) is 11.3 Å². The van der Waals surface area contributed by atoms with E-state index in [0.717, 1.165) is 5.69 Å². The van der Waals surface area contributed by atoms with E-state index in [2.05, 4.69) is 4.98 Å². The van der Waals surface area contributed by atoms with Crippen molar-refractivity contribution in [3.8, 4) is 11.8 Å². The van der Waals surface area contributed by atoms with Gasteiger partial charge in [-0.25, -0.2) is 9.37 Å². The Morgan fingerprint density at radius 2 is 2.27 bits per heavy atom. The molecule has 1 heterocycles. The number of aryl methyl sites for hydroxylation is 1. The minimum Gasteiger partial charge on any atom is -0.306 e. The third-order valence-electron chi connectivity index (χ3n) is 2.08. The summed E-state index contributed by atoms with van der Waals surface area (Å²) >= 11 is 0. The van der Waals surface area contributed by atoms with Gasteiger partial charge in [-0.1, -0.05) is 0 Å². The summed E-state index contributed by atoms with van der Waals surface area (Å²) in [5.74, 6) is -0.513. The summed E-state index contributed by atoms with van der Waals surface area (Å²) in [6.07, 6.45) is 3.40. The molecule has 15 heavy (non-hydrogen) atoms. The molecule has 0 aliphatic carbocycles. The topological polar surface area (TPSA) is 41.6 Å². The van der Waals surface area contributed by atoms with E-state index in [1.54, 1.807) is 29.2 Å². The first-order valence-corrected chi connectivity index (χ1v) is 4.41. The minimum atomic E-state index is -0.513. The van der Waals surface area contributed by atoms with E-state index in [0.29, 0.717) is 5.69 Å². The molecule has 0 fully saturated rings. The van der Waals surface area contributed by atoms with Crippen LogP contribution >= 0.6 is 0 Å². The van der Waals surface area contributed by atoms with Gasteiger partial charge in [0.2, 0.25) is 0 Å². The number of imidazole rings is 1. The van der Waals surface area contributed by atoms with Crippen LogP contribution < -0.4 is 0 Å². The second-order valence-electron chi connectivity index (χ2n) is 3.20. The van der Waals surface area contributed by atoms with Gasteiger partial charge in [0.05, 0.1) is 17.6 Å². The molecule has 1 aromatic carbocycles. The number of benzene rings is 1. The van der Waals surface area contributed by atoms with Gasteiger partial charge in [0, 0.05) is 11.9 Å².